The van der Waals surface area contributed by atoms with Crippen LogP contribution in [-0.4, -0.2) is 24.3 Å². The molecule has 18 heavy (non-hydrogen) atoms. The Kier molecular flexibility index (Phi) is 3.92. The molecule has 0 radical (unpaired) electrons. The Morgan fingerprint density at radius 2 is 2.00 bits per heavy atom. The zero-order chi connectivity index (χ0) is 13.2. The minimum absolute atomic E-state index is 0.0213. The van der Waals surface area contributed by atoms with Crippen LogP contribution in [0.2, 0.25) is 0 Å². The minimum Gasteiger partial charge on any atom is -0.395 e. The van der Waals surface area contributed by atoms with E-state index in [1.54, 1.807) is 6.07 Å². The molecule has 0 aromatic heterocycles. The second-order valence-electron chi connectivity index (χ2n) is 4.75. The van der Waals surface area contributed by atoms with Gasteiger partial charge in [-0.25, -0.2) is 0 Å². The molecule has 100 valence electrons. The Labute approximate surface area is 104 Å². The van der Waals surface area contributed by atoms with Crippen LogP contribution in [0.1, 0.15) is 17.5 Å². The number of aliphatic hydroxyl groups is 1. The van der Waals surface area contributed by atoms with Gasteiger partial charge < -0.3 is 10.4 Å². The molecule has 2 nitrogen and oxygen atoms in total. The van der Waals surface area contributed by atoms with Gasteiger partial charge in [0.2, 0.25) is 0 Å². The summed E-state index contributed by atoms with van der Waals surface area (Å²) >= 11 is 0. The van der Waals surface area contributed by atoms with Crippen molar-refractivity contribution in [2.45, 2.75) is 25.1 Å². The largest absolute Gasteiger partial charge is 0.416 e. The van der Waals surface area contributed by atoms with E-state index in [2.05, 4.69) is 5.32 Å². The molecule has 1 aromatic carbocycles. The highest BCUT2D eigenvalue weighted by Gasteiger charge is 2.34. The van der Waals surface area contributed by atoms with E-state index in [1.807, 2.05) is 0 Å². The van der Waals surface area contributed by atoms with Crippen LogP contribution in [0.15, 0.2) is 24.3 Å². The number of halogens is 3. The average molecular weight is 259 g/mol. The quantitative estimate of drug-likeness (QED) is 0.872. The first-order valence-corrected chi connectivity index (χ1v) is 6.00. The van der Waals surface area contributed by atoms with Crippen LogP contribution in [-0.2, 0) is 12.6 Å². The SMILES string of the molecule is OCC1CC(Cc2ccccc2C(F)(F)F)CN1. The molecule has 1 aromatic rings. The Morgan fingerprint density at radius 3 is 2.61 bits per heavy atom. The van der Waals surface area contributed by atoms with Crippen LogP contribution >= 0.6 is 0 Å². The van der Waals surface area contributed by atoms with Gasteiger partial charge in [-0.05, 0) is 36.9 Å². The van der Waals surface area contributed by atoms with E-state index in [0.29, 0.717) is 18.5 Å². The molecule has 1 fully saturated rings. The summed E-state index contributed by atoms with van der Waals surface area (Å²) < 4.78 is 38.4. The molecule has 0 aliphatic carbocycles. The molecule has 0 bridgehead atoms. The van der Waals surface area contributed by atoms with Crippen molar-refractivity contribution in [2.24, 2.45) is 5.92 Å². The minimum atomic E-state index is -4.29. The van der Waals surface area contributed by atoms with Gasteiger partial charge in [-0.1, -0.05) is 18.2 Å². The summed E-state index contributed by atoms with van der Waals surface area (Å²) in [5.41, 5.74) is -0.201. The van der Waals surface area contributed by atoms with Crippen molar-refractivity contribution < 1.29 is 18.3 Å². The monoisotopic (exact) mass is 259 g/mol. The van der Waals surface area contributed by atoms with Gasteiger partial charge in [0, 0.05) is 6.04 Å². The lowest BCUT2D eigenvalue weighted by molar-refractivity contribution is -0.138. The topological polar surface area (TPSA) is 32.3 Å². The summed E-state index contributed by atoms with van der Waals surface area (Å²) in [6, 6.07) is 5.73. The zero-order valence-electron chi connectivity index (χ0n) is 9.87. The maximum atomic E-state index is 12.8. The maximum absolute atomic E-state index is 12.8. The highest BCUT2D eigenvalue weighted by molar-refractivity contribution is 5.30. The predicted octanol–water partition coefficient (Wildman–Crippen LogP) is 2.22. The predicted molar refractivity (Wildman–Crippen MR) is 62.1 cm³/mol. The van der Waals surface area contributed by atoms with E-state index in [9.17, 15) is 13.2 Å². The number of benzene rings is 1. The van der Waals surface area contributed by atoms with E-state index in [4.69, 9.17) is 5.11 Å². The lowest BCUT2D eigenvalue weighted by Crippen LogP contribution is -2.24. The molecule has 0 spiro atoms. The van der Waals surface area contributed by atoms with E-state index in [1.165, 1.54) is 12.1 Å². The van der Waals surface area contributed by atoms with Gasteiger partial charge in [0.05, 0.1) is 12.2 Å². The van der Waals surface area contributed by atoms with Crippen LogP contribution in [0.25, 0.3) is 0 Å². The molecule has 2 rings (SSSR count). The Hall–Kier alpha value is -1.07. The molecule has 5 heteroatoms. The van der Waals surface area contributed by atoms with Crippen LogP contribution in [0.3, 0.4) is 0 Å². The molecule has 1 aliphatic rings. The molecular weight excluding hydrogens is 243 g/mol. The fraction of sp³-hybridized carbons (Fsp3) is 0.538. The number of alkyl halides is 3. The number of hydrogen-bond donors (Lipinski definition) is 2. The molecule has 1 aliphatic heterocycles. The first-order valence-electron chi connectivity index (χ1n) is 6.00. The summed E-state index contributed by atoms with van der Waals surface area (Å²) in [6.45, 7) is 0.703. The third-order valence-electron chi connectivity index (χ3n) is 3.36. The smallest absolute Gasteiger partial charge is 0.395 e. The number of rotatable bonds is 3. The maximum Gasteiger partial charge on any atom is 0.416 e. The fourth-order valence-electron chi connectivity index (χ4n) is 2.48. The third-order valence-corrected chi connectivity index (χ3v) is 3.36. The second kappa shape index (κ2) is 5.28. The van der Waals surface area contributed by atoms with Gasteiger partial charge in [-0.2, -0.15) is 13.2 Å². The summed E-state index contributed by atoms with van der Waals surface area (Å²) in [5, 5.41) is 12.1. The Morgan fingerprint density at radius 1 is 1.28 bits per heavy atom. The highest BCUT2D eigenvalue weighted by Crippen LogP contribution is 2.33. The number of nitrogens with one attached hydrogen (secondary N) is 1. The lowest BCUT2D eigenvalue weighted by Gasteiger charge is -2.15. The van der Waals surface area contributed by atoms with Crippen LogP contribution in [0.5, 0.6) is 0 Å². The van der Waals surface area contributed by atoms with Crippen molar-refractivity contribution in [3.8, 4) is 0 Å². The molecule has 2 atom stereocenters. The first kappa shape index (κ1) is 13.4. The summed E-state index contributed by atoms with van der Waals surface area (Å²) in [7, 11) is 0. The zero-order valence-corrected chi connectivity index (χ0v) is 9.87. The van der Waals surface area contributed by atoms with Gasteiger partial charge in [-0.3, -0.25) is 0 Å². The Balaban J connectivity index is 2.10. The van der Waals surface area contributed by atoms with Crippen molar-refractivity contribution in [1.29, 1.82) is 0 Å². The van der Waals surface area contributed by atoms with Crippen molar-refractivity contribution >= 4 is 0 Å². The summed E-state index contributed by atoms with van der Waals surface area (Å²) in [4.78, 5) is 0. The van der Waals surface area contributed by atoms with E-state index < -0.39 is 11.7 Å². The molecule has 0 amide bonds. The van der Waals surface area contributed by atoms with Crippen LogP contribution in [0, 0.1) is 5.92 Å². The van der Waals surface area contributed by atoms with Crippen molar-refractivity contribution in [3.63, 3.8) is 0 Å². The van der Waals surface area contributed by atoms with Crippen molar-refractivity contribution in [3.05, 3.63) is 35.4 Å². The molecule has 1 heterocycles. The number of aliphatic hydroxyl groups excluding tert-OH is 1. The lowest BCUT2D eigenvalue weighted by atomic mass is 9.93. The van der Waals surface area contributed by atoms with E-state index in [0.717, 1.165) is 12.5 Å². The highest BCUT2D eigenvalue weighted by atomic mass is 19.4. The van der Waals surface area contributed by atoms with E-state index >= 15 is 0 Å². The van der Waals surface area contributed by atoms with Crippen LogP contribution in [0.4, 0.5) is 13.2 Å². The molecule has 0 saturated carbocycles. The van der Waals surface area contributed by atoms with Gasteiger partial charge in [0.1, 0.15) is 0 Å². The standard InChI is InChI=1S/C13H16F3NO/c14-13(15,16)12-4-2-1-3-10(12)5-9-6-11(8-18)17-7-9/h1-4,9,11,17-18H,5-8H2. The second-order valence-corrected chi connectivity index (χ2v) is 4.75. The average Bonchev–Trinajstić information content (AvgIpc) is 2.76. The fourth-order valence-corrected chi connectivity index (χ4v) is 2.48. The molecule has 1 saturated heterocycles. The van der Waals surface area contributed by atoms with Gasteiger partial charge >= 0.3 is 6.18 Å². The summed E-state index contributed by atoms with van der Waals surface area (Å²) in [5.74, 6) is 0.158. The molecule has 2 N–H and O–H groups in total. The van der Waals surface area contributed by atoms with Gasteiger partial charge in [-0.15, -0.1) is 0 Å². The van der Waals surface area contributed by atoms with E-state index in [-0.39, 0.29) is 18.6 Å². The summed E-state index contributed by atoms with van der Waals surface area (Å²) in [6.07, 6.45) is -3.17. The number of hydrogen-bond acceptors (Lipinski definition) is 2. The van der Waals surface area contributed by atoms with Gasteiger partial charge in [0.15, 0.2) is 0 Å². The van der Waals surface area contributed by atoms with Gasteiger partial charge in [0.25, 0.3) is 0 Å². The first-order chi connectivity index (χ1) is 8.50. The van der Waals surface area contributed by atoms with Crippen molar-refractivity contribution in [1.82, 2.24) is 5.32 Å². The van der Waals surface area contributed by atoms with Crippen LogP contribution < -0.4 is 5.32 Å². The molecule has 2 unspecified atom stereocenters. The van der Waals surface area contributed by atoms with Crippen molar-refractivity contribution in [2.75, 3.05) is 13.2 Å². The normalized spacial score (nSPS) is 24.4. The Bertz CT molecular complexity index is 405. The third kappa shape index (κ3) is 3.03. The molecular formula is C13H16F3NO.